The standard InChI is InChI=1S/C30H40N2O4/c1-7-8-20-36-24-16-12-22(13-17-24)27(33)25-26(21-10-14-23(15-11-21)30(2,3)4)32(29(35)28(25)34)19-9-18-31(5)6/h10-17,26,33H,7-9,18-20H2,1-6H3/b27-25+. The first-order valence-corrected chi connectivity index (χ1v) is 12.8. The Hall–Kier alpha value is -3.12. The molecular weight excluding hydrogens is 452 g/mol. The van der Waals surface area contributed by atoms with Crippen LogP contribution in [0.2, 0.25) is 0 Å². The number of nitrogens with zero attached hydrogens (tertiary/aromatic N) is 2. The molecule has 6 heteroatoms. The second-order valence-electron chi connectivity index (χ2n) is 10.7. The molecule has 194 valence electrons. The summed E-state index contributed by atoms with van der Waals surface area (Å²) in [5.41, 5.74) is 2.57. The number of hydrogen-bond acceptors (Lipinski definition) is 5. The molecule has 0 aromatic heterocycles. The van der Waals surface area contributed by atoms with Crippen molar-refractivity contribution in [2.24, 2.45) is 0 Å². The molecule has 1 heterocycles. The number of benzene rings is 2. The van der Waals surface area contributed by atoms with Gasteiger partial charge in [-0.25, -0.2) is 0 Å². The van der Waals surface area contributed by atoms with Gasteiger partial charge in [0, 0.05) is 12.1 Å². The van der Waals surface area contributed by atoms with Gasteiger partial charge in [0.1, 0.15) is 11.5 Å². The third-order valence-corrected chi connectivity index (χ3v) is 6.53. The second-order valence-corrected chi connectivity index (χ2v) is 10.7. The minimum absolute atomic E-state index is 0.0208. The second kappa shape index (κ2) is 11.7. The van der Waals surface area contributed by atoms with Gasteiger partial charge in [-0.2, -0.15) is 0 Å². The van der Waals surface area contributed by atoms with Crippen LogP contribution in [0.4, 0.5) is 0 Å². The zero-order chi connectivity index (χ0) is 26.5. The molecule has 1 N–H and O–H groups in total. The van der Waals surface area contributed by atoms with Crippen LogP contribution in [0.15, 0.2) is 54.1 Å². The van der Waals surface area contributed by atoms with E-state index in [1.807, 2.05) is 43.3 Å². The highest BCUT2D eigenvalue weighted by Crippen LogP contribution is 2.40. The zero-order valence-corrected chi connectivity index (χ0v) is 22.5. The van der Waals surface area contributed by atoms with E-state index in [2.05, 4.69) is 27.7 Å². The fraction of sp³-hybridized carbons (Fsp3) is 0.467. The van der Waals surface area contributed by atoms with E-state index in [0.717, 1.165) is 36.9 Å². The average Bonchev–Trinajstić information content (AvgIpc) is 3.08. The van der Waals surface area contributed by atoms with Crippen molar-refractivity contribution in [2.75, 3.05) is 33.8 Å². The Kier molecular flexibility index (Phi) is 8.96. The fourth-order valence-electron chi connectivity index (χ4n) is 4.38. The van der Waals surface area contributed by atoms with Crippen molar-refractivity contribution in [3.05, 3.63) is 70.8 Å². The molecule has 1 saturated heterocycles. The van der Waals surface area contributed by atoms with Crippen LogP contribution in [0.3, 0.4) is 0 Å². The molecule has 1 atom stereocenters. The van der Waals surface area contributed by atoms with Gasteiger partial charge in [-0.15, -0.1) is 0 Å². The lowest BCUT2D eigenvalue weighted by molar-refractivity contribution is -0.139. The van der Waals surface area contributed by atoms with E-state index in [1.54, 1.807) is 29.2 Å². The van der Waals surface area contributed by atoms with Crippen molar-refractivity contribution in [1.82, 2.24) is 9.80 Å². The molecule has 3 rings (SSSR count). The minimum Gasteiger partial charge on any atom is -0.507 e. The van der Waals surface area contributed by atoms with E-state index >= 15 is 0 Å². The van der Waals surface area contributed by atoms with E-state index in [-0.39, 0.29) is 16.7 Å². The number of Topliss-reactive ketones (excluding diaryl/α,β-unsaturated/α-hetero) is 1. The van der Waals surface area contributed by atoms with Crippen molar-refractivity contribution in [2.45, 2.75) is 58.4 Å². The molecule has 1 unspecified atom stereocenters. The summed E-state index contributed by atoms with van der Waals surface area (Å²) in [7, 11) is 3.96. The molecule has 0 aliphatic carbocycles. The number of aliphatic hydroxyl groups excluding tert-OH is 1. The molecule has 0 saturated carbocycles. The maximum absolute atomic E-state index is 13.2. The Morgan fingerprint density at radius 2 is 1.64 bits per heavy atom. The normalized spacial score (nSPS) is 17.8. The van der Waals surface area contributed by atoms with Crippen molar-refractivity contribution in [1.29, 1.82) is 0 Å². The maximum atomic E-state index is 13.2. The van der Waals surface area contributed by atoms with Gasteiger partial charge in [0.25, 0.3) is 11.7 Å². The van der Waals surface area contributed by atoms with Crippen molar-refractivity contribution in [3.63, 3.8) is 0 Å². The van der Waals surface area contributed by atoms with E-state index in [4.69, 9.17) is 4.74 Å². The Morgan fingerprint density at radius 1 is 1.00 bits per heavy atom. The van der Waals surface area contributed by atoms with Crippen LogP contribution in [0, 0.1) is 0 Å². The molecule has 2 aromatic rings. The number of rotatable bonds is 10. The van der Waals surface area contributed by atoms with Gasteiger partial charge in [0.15, 0.2) is 0 Å². The minimum atomic E-state index is -0.648. The predicted octanol–water partition coefficient (Wildman–Crippen LogP) is 5.54. The van der Waals surface area contributed by atoms with Gasteiger partial charge in [0.2, 0.25) is 0 Å². The Labute approximate surface area is 215 Å². The van der Waals surface area contributed by atoms with Gasteiger partial charge < -0.3 is 19.6 Å². The first-order valence-electron chi connectivity index (χ1n) is 12.8. The Balaban J connectivity index is 2.01. The van der Waals surface area contributed by atoms with E-state index in [9.17, 15) is 14.7 Å². The molecule has 6 nitrogen and oxygen atoms in total. The monoisotopic (exact) mass is 492 g/mol. The lowest BCUT2D eigenvalue weighted by Gasteiger charge is -2.27. The molecular formula is C30H40N2O4. The van der Waals surface area contributed by atoms with Crippen LogP contribution in [-0.2, 0) is 15.0 Å². The van der Waals surface area contributed by atoms with Crippen LogP contribution >= 0.6 is 0 Å². The van der Waals surface area contributed by atoms with Crippen LogP contribution in [0.5, 0.6) is 5.75 Å². The van der Waals surface area contributed by atoms with Gasteiger partial charge in [-0.3, -0.25) is 9.59 Å². The number of aliphatic hydroxyl groups is 1. The zero-order valence-electron chi connectivity index (χ0n) is 22.5. The van der Waals surface area contributed by atoms with E-state index in [0.29, 0.717) is 24.5 Å². The van der Waals surface area contributed by atoms with Gasteiger partial charge in [-0.1, -0.05) is 58.4 Å². The molecule has 0 spiro atoms. The topological polar surface area (TPSA) is 70.1 Å². The summed E-state index contributed by atoms with van der Waals surface area (Å²) < 4.78 is 5.72. The van der Waals surface area contributed by atoms with Gasteiger partial charge in [-0.05, 0) is 74.3 Å². The van der Waals surface area contributed by atoms with Crippen molar-refractivity contribution >= 4 is 17.4 Å². The van der Waals surface area contributed by atoms with Crippen LogP contribution in [0.25, 0.3) is 5.76 Å². The van der Waals surface area contributed by atoms with Gasteiger partial charge >= 0.3 is 0 Å². The smallest absolute Gasteiger partial charge is 0.295 e. The van der Waals surface area contributed by atoms with Crippen molar-refractivity contribution < 1.29 is 19.4 Å². The predicted molar refractivity (Wildman–Crippen MR) is 144 cm³/mol. The number of carbonyl (C=O) groups excluding carboxylic acids is 2. The number of hydrogen-bond donors (Lipinski definition) is 1. The fourth-order valence-corrected chi connectivity index (χ4v) is 4.38. The summed E-state index contributed by atoms with van der Waals surface area (Å²) in [6, 6.07) is 14.4. The molecule has 1 amide bonds. The highest BCUT2D eigenvalue weighted by molar-refractivity contribution is 6.46. The van der Waals surface area contributed by atoms with E-state index < -0.39 is 17.7 Å². The number of carbonyl (C=O) groups is 2. The first-order chi connectivity index (χ1) is 17.0. The molecule has 36 heavy (non-hydrogen) atoms. The number of likely N-dealkylation sites (tertiary alicyclic amines) is 1. The first kappa shape index (κ1) is 27.5. The summed E-state index contributed by atoms with van der Waals surface area (Å²) in [6.07, 6.45) is 2.73. The summed E-state index contributed by atoms with van der Waals surface area (Å²) in [5.74, 6) is -0.669. The Bertz CT molecular complexity index is 1080. The third-order valence-electron chi connectivity index (χ3n) is 6.53. The number of amides is 1. The molecule has 1 aliphatic heterocycles. The van der Waals surface area contributed by atoms with Crippen LogP contribution in [-0.4, -0.2) is 60.4 Å². The number of ketones is 1. The lowest BCUT2D eigenvalue weighted by atomic mass is 9.85. The summed E-state index contributed by atoms with van der Waals surface area (Å²) in [5, 5.41) is 11.3. The highest BCUT2D eigenvalue weighted by Gasteiger charge is 2.45. The number of ether oxygens (including phenoxy) is 1. The van der Waals surface area contributed by atoms with Crippen LogP contribution < -0.4 is 4.74 Å². The summed E-state index contributed by atoms with van der Waals surface area (Å²) in [6.45, 7) is 10.4. The lowest BCUT2D eigenvalue weighted by Crippen LogP contribution is -2.32. The summed E-state index contributed by atoms with van der Waals surface area (Å²) in [4.78, 5) is 30.0. The SMILES string of the molecule is CCCCOc1ccc(/C(O)=C2\C(=O)C(=O)N(CCCN(C)C)C2c2ccc(C(C)(C)C)cc2)cc1. The summed E-state index contributed by atoms with van der Waals surface area (Å²) >= 11 is 0. The molecule has 1 fully saturated rings. The molecule has 2 aromatic carbocycles. The average molecular weight is 493 g/mol. The molecule has 0 bridgehead atoms. The maximum Gasteiger partial charge on any atom is 0.295 e. The Morgan fingerprint density at radius 3 is 2.19 bits per heavy atom. The third kappa shape index (κ3) is 6.35. The number of unbranched alkanes of at least 4 members (excludes halogenated alkanes) is 1. The molecule has 1 aliphatic rings. The van der Waals surface area contributed by atoms with E-state index in [1.165, 1.54) is 0 Å². The largest absolute Gasteiger partial charge is 0.507 e. The highest BCUT2D eigenvalue weighted by atomic mass is 16.5. The molecule has 0 radical (unpaired) electrons. The quantitative estimate of drug-likeness (QED) is 0.204. The van der Waals surface area contributed by atoms with Gasteiger partial charge in [0.05, 0.1) is 18.2 Å². The van der Waals surface area contributed by atoms with Crippen molar-refractivity contribution in [3.8, 4) is 5.75 Å². The van der Waals surface area contributed by atoms with Crippen LogP contribution in [0.1, 0.15) is 69.7 Å².